The number of thioether (sulfide) groups is 1. The van der Waals surface area contributed by atoms with Crippen LogP contribution >= 0.6 is 11.8 Å². The third-order valence-electron chi connectivity index (χ3n) is 3.65. The average Bonchev–Trinajstić information content (AvgIpc) is 2.93. The van der Waals surface area contributed by atoms with E-state index in [0.717, 1.165) is 37.4 Å². The summed E-state index contributed by atoms with van der Waals surface area (Å²) in [6.45, 7) is 2.65. The smallest absolute Gasteiger partial charge is 0.305 e. The Labute approximate surface area is 161 Å². The number of amides is 1. The Kier molecular flexibility index (Phi) is 8.25. The van der Waals surface area contributed by atoms with Crippen molar-refractivity contribution in [3.63, 3.8) is 0 Å². The SMILES string of the molecule is CCCCCCOc1cc(F)cc(C=NN=C2NC(=O)C(CC(=O)O)S2)c1. The van der Waals surface area contributed by atoms with Gasteiger partial charge in [-0.05, 0) is 18.6 Å². The van der Waals surface area contributed by atoms with Gasteiger partial charge in [0.1, 0.15) is 16.8 Å². The van der Waals surface area contributed by atoms with Crippen LogP contribution in [0.15, 0.2) is 28.4 Å². The molecule has 0 aliphatic carbocycles. The molecule has 27 heavy (non-hydrogen) atoms. The van der Waals surface area contributed by atoms with E-state index >= 15 is 0 Å². The summed E-state index contributed by atoms with van der Waals surface area (Å²) < 4.78 is 19.3. The Morgan fingerprint density at radius 2 is 2.19 bits per heavy atom. The van der Waals surface area contributed by atoms with E-state index in [4.69, 9.17) is 9.84 Å². The second-order valence-corrected chi connectivity index (χ2v) is 7.16. The van der Waals surface area contributed by atoms with Crippen LogP contribution in [0.1, 0.15) is 44.6 Å². The number of carbonyl (C=O) groups excluding carboxylic acids is 1. The molecule has 146 valence electrons. The van der Waals surface area contributed by atoms with E-state index < -0.39 is 22.9 Å². The number of nitrogens with one attached hydrogen (secondary N) is 1. The molecule has 9 heteroatoms. The first-order valence-electron chi connectivity index (χ1n) is 8.71. The van der Waals surface area contributed by atoms with Gasteiger partial charge in [-0.25, -0.2) is 4.39 Å². The third kappa shape index (κ3) is 7.38. The third-order valence-corrected chi connectivity index (χ3v) is 4.72. The summed E-state index contributed by atoms with van der Waals surface area (Å²) in [4.78, 5) is 22.3. The number of ether oxygens (including phenoxy) is 1. The molecule has 0 spiro atoms. The van der Waals surface area contributed by atoms with Gasteiger partial charge in [0.15, 0.2) is 5.17 Å². The van der Waals surface area contributed by atoms with Crippen LogP contribution in [-0.2, 0) is 9.59 Å². The average molecular weight is 395 g/mol. The molecule has 1 aliphatic rings. The first kappa shape index (κ1) is 20.9. The van der Waals surface area contributed by atoms with Crippen LogP contribution in [0, 0.1) is 5.82 Å². The molecule has 1 unspecified atom stereocenters. The van der Waals surface area contributed by atoms with Crippen molar-refractivity contribution in [3.05, 3.63) is 29.6 Å². The highest BCUT2D eigenvalue weighted by Gasteiger charge is 2.32. The molecule has 1 fully saturated rings. The number of benzene rings is 1. The molecule has 1 amide bonds. The number of halogens is 1. The van der Waals surface area contributed by atoms with E-state index in [0.29, 0.717) is 17.9 Å². The predicted molar refractivity (Wildman–Crippen MR) is 103 cm³/mol. The van der Waals surface area contributed by atoms with Gasteiger partial charge >= 0.3 is 5.97 Å². The maximum absolute atomic E-state index is 13.7. The maximum Gasteiger partial charge on any atom is 0.305 e. The van der Waals surface area contributed by atoms with Crippen LogP contribution in [0.25, 0.3) is 0 Å². The lowest BCUT2D eigenvalue weighted by Crippen LogP contribution is -2.26. The Morgan fingerprint density at radius 1 is 1.37 bits per heavy atom. The summed E-state index contributed by atoms with van der Waals surface area (Å²) >= 11 is 1.00. The van der Waals surface area contributed by atoms with Crippen LogP contribution in [0.2, 0.25) is 0 Å². The van der Waals surface area contributed by atoms with Gasteiger partial charge < -0.3 is 15.2 Å². The van der Waals surface area contributed by atoms with E-state index in [1.165, 1.54) is 18.3 Å². The normalized spacial score (nSPS) is 18.2. The quantitative estimate of drug-likeness (QED) is 0.360. The predicted octanol–water partition coefficient (Wildman–Crippen LogP) is 3.18. The highest BCUT2D eigenvalue weighted by molar-refractivity contribution is 8.15. The van der Waals surface area contributed by atoms with E-state index in [2.05, 4.69) is 22.4 Å². The molecule has 0 aromatic heterocycles. The van der Waals surface area contributed by atoms with Gasteiger partial charge in [0.05, 0.1) is 19.2 Å². The molecule has 2 rings (SSSR count). The molecular weight excluding hydrogens is 373 g/mol. The number of hydrogen-bond acceptors (Lipinski definition) is 6. The minimum Gasteiger partial charge on any atom is -0.493 e. The zero-order chi connectivity index (χ0) is 19.6. The van der Waals surface area contributed by atoms with Gasteiger partial charge in [-0.2, -0.15) is 5.10 Å². The van der Waals surface area contributed by atoms with Crippen molar-refractivity contribution in [3.8, 4) is 5.75 Å². The zero-order valence-electron chi connectivity index (χ0n) is 15.0. The fraction of sp³-hybridized carbons (Fsp3) is 0.444. The molecule has 1 aromatic rings. The highest BCUT2D eigenvalue weighted by atomic mass is 32.2. The van der Waals surface area contributed by atoms with Crippen molar-refractivity contribution in [2.24, 2.45) is 10.2 Å². The van der Waals surface area contributed by atoms with Crippen molar-refractivity contribution in [1.82, 2.24) is 5.32 Å². The monoisotopic (exact) mass is 395 g/mol. The van der Waals surface area contributed by atoms with Crippen molar-refractivity contribution >= 4 is 35.0 Å². The number of carbonyl (C=O) groups is 2. The van der Waals surface area contributed by atoms with E-state index in [-0.39, 0.29) is 11.6 Å². The van der Waals surface area contributed by atoms with Crippen molar-refractivity contribution in [2.45, 2.75) is 44.3 Å². The summed E-state index contributed by atoms with van der Waals surface area (Å²) in [6.07, 6.45) is 5.32. The lowest BCUT2D eigenvalue weighted by molar-refractivity contribution is -0.138. The lowest BCUT2D eigenvalue weighted by Gasteiger charge is -2.07. The summed E-state index contributed by atoms with van der Waals surface area (Å²) in [5, 5.41) is 18.4. The highest BCUT2D eigenvalue weighted by Crippen LogP contribution is 2.22. The Bertz CT molecular complexity index is 739. The number of hydrogen-bond donors (Lipinski definition) is 2. The molecule has 1 aromatic carbocycles. The minimum absolute atomic E-state index is 0.214. The standard InChI is InChI=1S/C18H22FN3O4S/c1-2-3-4-5-6-26-14-8-12(7-13(19)9-14)11-20-22-18-21-17(25)15(27-18)10-16(23)24/h7-9,11,15H,2-6,10H2,1H3,(H,23,24)(H,21,22,25). The fourth-order valence-corrected chi connectivity index (χ4v) is 3.27. The number of aliphatic carboxylic acids is 1. The first-order valence-corrected chi connectivity index (χ1v) is 9.59. The second kappa shape index (κ2) is 10.7. The number of rotatable bonds is 10. The topological polar surface area (TPSA) is 100 Å². The van der Waals surface area contributed by atoms with Crippen molar-refractivity contribution in [1.29, 1.82) is 0 Å². The maximum atomic E-state index is 13.7. The number of nitrogens with zero attached hydrogens (tertiary/aromatic N) is 2. The molecule has 1 atom stereocenters. The zero-order valence-corrected chi connectivity index (χ0v) is 15.8. The van der Waals surface area contributed by atoms with Crippen LogP contribution in [0.5, 0.6) is 5.75 Å². The van der Waals surface area contributed by atoms with Crippen LogP contribution < -0.4 is 10.1 Å². The molecule has 0 saturated carbocycles. The van der Waals surface area contributed by atoms with Gasteiger partial charge in [0.2, 0.25) is 5.91 Å². The minimum atomic E-state index is -1.06. The van der Waals surface area contributed by atoms with Gasteiger partial charge in [-0.15, -0.1) is 5.10 Å². The van der Waals surface area contributed by atoms with Gasteiger partial charge in [0, 0.05) is 11.6 Å². The van der Waals surface area contributed by atoms with Crippen LogP contribution in [-0.4, -0.2) is 40.2 Å². The Morgan fingerprint density at radius 3 is 2.93 bits per heavy atom. The molecule has 0 radical (unpaired) electrons. The molecule has 1 saturated heterocycles. The molecular formula is C18H22FN3O4S. The molecule has 1 heterocycles. The summed E-state index contributed by atoms with van der Waals surface area (Å²) in [5.41, 5.74) is 0.472. The number of unbranched alkanes of at least 4 members (excludes halogenated alkanes) is 3. The van der Waals surface area contributed by atoms with Crippen molar-refractivity contribution in [2.75, 3.05) is 6.61 Å². The van der Waals surface area contributed by atoms with E-state index in [9.17, 15) is 14.0 Å². The van der Waals surface area contributed by atoms with Crippen LogP contribution in [0.3, 0.4) is 0 Å². The van der Waals surface area contributed by atoms with Gasteiger partial charge in [0.25, 0.3) is 0 Å². The lowest BCUT2D eigenvalue weighted by atomic mass is 10.2. The molecule has 2 N–H and O–H groups in total. The molecule has 0 bridgehead atoms. The largest absolute Gasteiger partial charge is 0.493 e. The fourth-order valence-electron chi connectivity index (χ4n) is 2.35. The van der Waals surface area contributed by atoms with E-state index in [1.54, 1.807) is 6.07 Å². The van der Waals surface area contributed by atoms with Gasteiger partial charge in [-0.1, -0.05) is 37.9 Å². The van der Waals surface area contributed by atoms with Gasteiger partial charge in [-0.3, -0.25) is 9.59 Å². The molecule has 1 aliphatic heterocycles. The number of carboxylic acids is 1. The Hall–Kier alpha value is -2.42. The van der Waals surface area contributed by atoms with Crippen molar-refractivity contribution < 1.29 is 23.8 Å². The van der Waals surface area contributed by atoms with E-state index in [1.807, 2.05) is 0 Å². The first-order chi connectivity index (χ1) is 13.0. The summed E-state index contributed by atoms with van der Waals surface area (Å²) in [7, 11) is 0. The second-order valence-electron chi connectivity index (χ2n) is 5.97. The number of carboxylic acid groups (broad SMARTS) is 1. The van der Waals surface area contributed by atoms with Crippen LogP contribution in [0.4, 0.5) is 4.39 Å². The molecule has 7 nitrogen and oxygen atoms in total. The Balaban J connectivity index is 1.92. The summed E-state index contributed by atoms with van der Waals surface area (Å²) in [6, 6.07) is 4.26. The number of amidine groups is 1. The summed E-state index contributed by atoms with van der Waals surface area (Å²) in [5.74, 6) is -1.50.